The molecule has 2 heterocycles. The number of nitrogens with one attached hydrogen (secondary N) is 1. The molecule has 1 aliphatic heterocycles. The number of carbonyl (C=O) groups is 2. The van der Waals surface area contributed by atoms with Gasteiger partial charge in [-0.3, -0.25) is 9.59 Å². The van der Waals surface area contributed by atoms with E-state index in [1.165, 1.54) is 11.5 Å². The maximum atomic E-state index is 12.6. The second-order valence-corrected chi connectivity index (χ2v) is 6.88. The molecule has 0 aliphatic carbocycles. The van der Waals surface area contributed by atoms with Crippen LogP contribution in [0, 0.1) is 0 Å². The van der Waals surface area contributed by atoms with Crippen molar-refractivity contribution in [3.63, 3.8) is 0 Å². The Morgan fingerprint density at radius 1 is 1.15 bits per heavy atom. The lowest BCUT2D eigenvalue weighted by atomic mass is 9.99. The van der Waals surface area contributed by atoms with Crippen LogP contribution in [0.1, 0.15) is 17.5 Å². The molecule has 2 aromatic carbocycles. The Balaban J connectivity index is 1.58. The molecule has 0 spiro atoms. The van der Waals surface area contributed by atoms with Crippen LogP contribution in [0.3, 0.4) is 0 Å². The summed E-state index contributed by atoms with van der Waals surface area (Å²) < 4.78 is 4.71. The number of nitrogens with zero attached hydrogens (tertiary/aromatic N) is 2. The van der Waals surface area contributed by atoms with E-state index in [1.807, 2.05) is 30.3 Å². The summed E-state index contributed by atoms with van der Waals surface area (Å²) in [7, 11) is 0. The topological polar surface area (TPSA) is 92.2 Å². The van der Waals surface area contributed by atoms with Gasteiger partial charge in [0.25, 0.3) is 5.91 Å². The number of fused-ring (bicyclic) bond motifs is 1. The van der Waals surface area contributed by atoms with Crippen molar-refractivity contribution in [2.24, 2.45) is 0 Å². The van der Waals surface area contributed by atoms with E-state index >= 15 is 0 Å². The van der Waals surface area contributed by atoms with E-state index in [0.29, 0.717) is 23.9 Å². The average molecular weight is 365 g/mol. The van der Waals surface area contributed by atoms with Crippen LogP contribution in [-0.4, -0.2) is 32.4 Å². The third-order valence-electron chi connectivity index (χ3n) is 4.42. The number of ketones is 1. The molecule has 6 nitrogen and oxygen atoms in total. The predicted octanol–water partition coefficient (Wildman–Crippen LogP) is 2.66. The monoisotopic (exact) mass is 365 g/mol. The van der Waals surface area contributed by atoms with E-state index < -0.39 is 11.9 Å². The number of aliphatic hydroxyl groups excluding tert-OH is 1. The SMILES string of the molecule is O=C1NC(CCc2ccccc2)C(=O)/C1=C(/O)c1ccc2snnc2c1. The molecule has 7 heteroatoms. The maximum Gasteiger partial charge on any atom is 0.259 e. The van der Waals surface area contributed by atoms with Gasteiger partial charge in [0.1, 0.15) is 16.8 Å². The lowest BCUT2D eigenvalue weighted by Crippen LogP contribution is -2.29. The molecule has 1 aromatic heterocycles. The van der Waals surface area contributed by atoms with Crippen molar-refractivity contribution in [3.8, 4) is 0 Å². The minimum absolute atomic E-state index is 0.189. The van der Waals surface area contributed by atoms with Crippen LogP contribution in [0.25, 0.3) is 16.0 Å². The molecule has 130 valence electrons. The van der Waals surface area contributed by atoms with Gasteiger partial charge in [0.15, 0.2) is 5.78 Å². The zero-order chi connectivity index (χ0) is 18.1. The maximum absolute atomic E-state index is 12.6. The Bertz CT molecular complexity index is 1030. The molecule has 0 bridgehead atoms. The number of benzene rings is 2. The quantitative estimate of drug-likeness (QED) is 0.421. The molecule has 0 radical (unpaired) electrons. The van der Waals surface area contributed by atoms with E-state index in [9.17, 15) is 14.7 Å². The van der Waals surface area contributed by atoms with Crippen molar-refractivity contribution in [1.29, 1.82) is 0 Å². The fourth-order valence-electron chi connectivity index (χ4n) is 3.04. The van der Waals surface area contributed by atoms with Gasteiger partial charge in [0, 0.05) is 5.56 Å². The molecule has 1 fully saturated rings. The summed E-state index contributed by atoms with van der Waals surface area (Å²) in [6.45, 7) is 0. The first-order valence-corrected chi connectivity index (χ1v) is 8.95. The van der Waals surface area contributed by atoms with Gasteiger partial charge in [-0.1, -0.05) is 34.8 Å². The highest BCUT2D eigenvalue weighted by Gasteiger charge is 2.38. The summed E-state index contributed by atoms with van der Waals surface area (Å²) in [6.07, 6.45) is 1.16. The van der Waals surface area contributed by atoms with Crippen LogP contribution in [0.2, 0.25) is 0 Å². The van der Waals surface area contributed by atoms with Gasteiger partial charge in [0.05, 0.1) is 10.7 Å². The Morgan fingerprint density at radius 3 is 2.77 bits per heavy atom. The molecular weight excluding hydrogens is 350 g/mol. The van der Waals surface area contributed by atoms with Crippen LogP contribution >= 0.6 is 11.5 Å². The first-order chi connectivity index (χ1) is 12.6. The number of rotatable bonds is 4. The van der Waals surface area contributed by atoms with Crippen molar-refractivity contribution >= 4 is 39.2 Å². The molecule has 1 aliphatic rings. The first kappa shape index (κ1) is 16.4. The van der Waals surface area contributed by atoms with Gasteiger partial charge in [-0.2, -0.15) is 0 Å². The van der Waals surface area contributed by atoms with Crippen molar-refractivity contribution in [2.75, 3.05) is 0 Å². The smallest absolute Gasteiger partial charge is 0.259 e. The highest BCUT2D eigenvalue weighted by atomic mass is 32.1. The summed E-state index contributed by atoms with van der Waals surface area (Å²) in [5.41, 5.74) is 1.90. The normalized spacial score (nSPS) is 19.0. The molecule has 26 heavy (non-hydrogen) atoms. The summed E-state index contributed by atoms with van der Waals surface area (Å²) in [5, 5.41) is 17.1. The van der Waals surface area contributed by atoms with Crippen LogP contribution < -0.4 is 5.32 Å². The number of carbonyl (C=O) groups excluding carboxylic acids is 2. The van der Waals surface area contributed by atoms with E-state index in [2.05, 4.69) is 14.9 Å². The number of aryl methyl sites for hydroxylation is 1. The number of aliphatic hydroxyl groups is 1. The number of hydrogen-bond acceptors (Lipinski definition) is 6. The second-order valence-electron chi connectivity index (χ2n) is 6.09. The summed E-state index contributed by atoms with van der Waals surface area (Å²) in [5.74, 6) is -1.23. The molecule has 0 saturated carbocycles. The molecule has 2 N–H and O–H groups in total. The largest absolute Gasteiger partial charge is 0.506 e. The Labute approximate surface area is 153 Å². The van der Waals surface area contributed by atoms with E-state index in [0.717, 1.165) is 10.3 Å². The number of amides is 1. The third-order valence-corrected chi connectivity index (χ3v) is 5.12. The molecule has 1 atom stereocenters. The van der Waals surface area contributed by atoms with Gasteiger partial charge in [0.2, 0.25) is 0 Å². The Kier molecular flexibility index (Phi) is 4.22. The molecule has 1 saturated heterocycles. The molecular formula is C19H15N3O3S. The standard InChI is InChI=1S/C19H15N3O3S/c23-17(12-7-9-15-14(10-12)21-22-26-15)16-18(24)13(20-19(16)25)8-6-11-4-2-1-3-5-11/h1-5,7,9-10,13,23H,6,8H2,(H,20,25)/b17-16-. The van der Waals surface area contributed by atoms with E-state index in [4.69, 9.17) is 0 Å². The van der Waals surface area contributed by atoms with Gasteiger partial charge >= 0.3 is 0 Å². The summed E-state index contributed by atoms with van der Waals surface area (Å²) in [4.78, 5) is 24.9. The zero-order valence-electron chi connectivity index (χ0n) is 13.7. The number of aromatic nitrogens is 2. The molecule has 3 aromatic rings. The Hall–Kier alpha value is -3.06. The van der Waals surface area contributed by atoms with E-state index in [1.54, 1.807) is 18.2 Å². The highest BCUT2D eigenvalue weighted by Crippen LogP contribution is 2.26. The summed E-state index contributed by atoms with van der Waals surface area (Å²) in [6, 6.07) is 14.2. The fraction of sp³-hybridized carbons (Fsp3) is 0.158. The van der Waals surface area contributed by atoms with Crippen molar-refractivity contribution in [2.45, 2.75) is 18.9 Å². The minimum atomic E-state index is -0.621. The first-order valence-electron chi connectivity index (χ1n) is 8.18. The number of Topliss-reactive ketones (excluding diaryl/α,β-unsaturated/α-hetero) is 1. The summed E-state index contributed by atoms with van der Waals surface area (Å²) >= 11 is 1.24. The molecule has 4 rings (SSSR count). The van der Waals surface area contributed by atoms with Gasteiger partial charge in [-0.25, -0.2) is 0 Å². The van der Waals surface area contributed by atoms with Crippen LogP contribution in [0.4, 0.5) is 0 Å². The van der Waals surface area contributed by atoms with Crippen molar-refractivity contribution < 1.29 is 14.7 Å². The van der Waals surface area contributed by atoms with Crippen LogP contribution in [-0.2, 0) is 16.0 Å². The average Bonchev–Trinajstić information content (AvgIpc) is 3.23. The zero-order valence-corrected chi connectivity index (χ0v) is 14.5. The van der Waals surface area contributed by atoms with Gasteiger partial charge in [-0.15, -0.1) is 5.10 Å². The number of hydrogen-bond donors (Lipinski definition) is 2. The van der Waals surface area contributed by atoms with Crippen LogP contribution in [0.15, 0.2) is 54.1 Å². The van der Waals surface area contributed by atoms with E-state index in [-0.39, 0.29) is 17.1 Å². The molecule has 1 amide bonds. The minimum Gasteiger partial charge on any atom is -0.506 e. The fourth-order valence-corrected chi connectivity index (χ4v) is 3.58. The lowest BCUT2D eigenvalue weighted by molar-refractivity contribution is -0.117. The Morgan fingerprint density at radius 2 is 1.96 bits per heavy atom. The van der Waals surface area contributed by atoms with Crippen LogP contribution in [0.5, 0.6) is 0 Å². The van der Waals surface area contributed by atoms with Gasteiger partial charge < -0.3 is 10.4 Å². The molecule has 1 unspecified atom stereocenters. The second kappa shape index (κ2) is 6.68. The van der Waals surface area contributed by atoms with Crippen molar-refractivity contribution in [1.82, 2.24) is 14.9 Å². The third kappa shape index (κ3) is 2.97. The highest BCUT2D eigenvalue weighted by molar-refractivity contribution is 7.12. The van der Waals surface area contributed by atoms with Crippen molar-refractivity contribution in [3.05, 3.63) is 65.2 Å². The predicted molar refractivity (Wildman–Crippen MR) is 98.7 cm³/mol. The lowest BCUT2D eigenvalue weighted by Gasteiger charge is -2.07. The van der Waals surface area contributed by atoms with Gasteiger partial charge in [-0.05, 0) is 48.1 Å².